The van der Waals surface area contributed by atoms with E-state index in [0.717, 1.165) is 12.1 Å². The Labute approximate surface area is 132 Å². The first-order valence-corrected chi connectivity index (χ1v) is 6.62. The highest BCUT2D eigenvalue weighted by Gasteiger charge is 2.47. The summed E-state index contributed by atoms with van der Waals surface area (Å²) in [4.78, 5) is 12.3. The molecule has 0 aromatic heterocycles. The van der Waals surface area contributed by atoms with Gasteiger partial charge in [-0.3, -0.25) is 4.90 Å². The number of ether oxygens (including phenoxy) is 1. The number of rotatable bonds is 2. The average molecular weight is 352 g/mol. The van der Waals surface area contributed by atoms with Gasteiger partial charge in [-0.05, 0) is 25.1 Å². The molecule has 2 atom stereocenters. The molecule has 0 bridgehead atoms. The molecule has 0 N–H and O–H groups in total. The van der Waals surface area contributed by atoms with Crippen molar-refractivity contribution in [3.63, 3.8) is 0 Å². The van der Waals surface area contributed by atoms with E-state index in [1.807, 2.05) is 0 Å². The number of carbonyl (C=O) groups is 1. The van der Waals surface area contributed by atoms with Gasteiger partial charge in [-0.25, -0.2) is 4.79 Å². The van der Waals surface area contributed by atoms with E-state index in [1.165, 1.54) is 13.0 Å². The summed E-state index contributed by atoms with van der Waals surface area (Å²) in [5.41, 5.74) is -2.44. The van der Waals surface area contributed by atoms with Crippen LogP contribution in [0.2, 0.25) is 0 Å². The Morgan fingerprint density at radius 3 is 2.38 bits per heavy atom. The zero-order chi connectivity index (χ0) is 18.3. The molecule has 1 aromatic rings. The minimum atomic E-state index is -4.89. The van der Waals surface area contributed by atoms with E-state index in [1.54, 1.807) is 0 Å². The normalized spacial score (nSPS) is 21.6. The Hall–Kier alpha value is -2.44. The standard InChI is InChI=1S/C14H10F6N2O2/c1-7-11(5-13(15,16)17)22(12(23)24-7)9-3-2-8(6-21)10(4-9)14(18,19)20/h2-4,7,11H,5H2,1H3/t7-,11-/m0/s1. The van der Waals surface area contributed by atoms with Crippen LogP contribution in [0.4, 0.5) is 36.8 Å². The Balaban J connectivity index is 2.49. The van der Waals surface area contributed by atoms with Gasteiger partial charge in [0, 0.05) is 5.69 Å². The van der Waals surface area contributed by atoms with Crippen LogP contribution in [-0.4, -0.2) is 24.4 Å². The molecule has 130 valence electrons. The van der Waals surface area contributed by atoms with Gasteiger partial charge >= 0.3 is 18.4 Å². The van der Waals surface area contributed by atoms with Gasteiger partial charge in [0.15, 0.2) is 0 Å². The number of nitrogens with zero attached hydrogens (tertiary/aromatic N) is 2. The highest BCUT2D eigenvalue weighted by molar-refractivity contribution is 5.91. The van der Waals surface area contributed by atoms with Gasteiger partial charge in [0.25, 0.3) is 0 Å². The molecule has 0 unspecified atom stereocenters. The summed E-state index contributed by atoms with van der Waals surface area (Å²) in [5, 5.41) is 8.73. The van der Waals surface area contributed by atoms with Crippen molar-refractivity contribution in [2.24, 2.45) is 0 Å². The molecular formula is C14H10F6N2O2. The number of alkyl halides is 6. The summed E-state index contributed by atoms with van der Waals surface area (Å²) >= 11 is 0. The molecule has 4 nitrogen and oxygen atoms in total. The molecule has 24 heavy (non-hydrogen) atoms. The molecule has 0 spiro atoms. The average Bonchev–Trinajstić information content (AvgIpc) is 2.70. The molecule has 0 saturated carbocycles. The van der Waals surface area contributed by atoms with Crippen LogP contribution in [0.1, 0.15) is 24.5 Å². The third-order valence-corrected chi connectivity index (χ3v) is 3.50. The van der Waals surface area contributed by atoms with Crippen molar-refractivity contribution in [2.75, 3.05) is 4.90 Å². The van der Waals surface area contributed by atoms with Gasteiger partial charge in [-0.1, -0.05) is 0 Å². The third-order valence-electron chi connectivity index (χ3n) is 3.50. The monoisotopic (exact) mass is 352 g/mol. The number of anilines is 1. The lowest BCUT2D eigenvalue weighted by atomic mass is 10.0. The molecule has 1 aliphatic heterocycles. The summed E-state index contributed by atoms with van der Waals surface area (Å²) in [6.07, 6.45) is -13.3. The Bertz CT molecular complexity index is 692. The molecular weight excluding hydrogens is 342 g/mol. The van der Waals surface area contributed by atoms with Gasteiger partial charge < -0.3 is 4.74 Å². The molecule has 1 saturated heterocycles. The highest BCUT2D eigenvalue weighted by Crippen LogP contribution is 2.38. The minimum Gasteiger partial charge on any atom is -0.444 e. The summed E-state index contributed by atoms with van der Waals surface area (Å²) in [7, 11) is 0. The maximum atomic E-state index is 13.0. The van der Waals surface area contributed by atoms with Gasteiger partial charge in [-0.2, -0.15) is 31.6 Å². The Morgan fingerprint density at radius 2 is 1.88 bits per heavy atom. The van der Waals surface area contributed by atoms with Crippen LogP contribution in [0.25, 0.3) is 0 Å². The van der Waals surface area contributed by atoms with Crippen molar-refractivity contribution in [3.8, 4) is 6.07 Å². The zero-order valence-electron chi connectivity index (χ0n) is 12.1. The maximum Gasteiger partial charge on any atom is 0.417 e. The Kier molecular flexibility index (Phi) is 4.39. The van der Waals surface area contributed by atoms with Crippen LogP contribution in [0.15, 0.2) is 18.2 Å². The van der Waals surface area contributed by atoms with Crippen molar-refractivity contribution in [3.05, 3.63) is 29.3 Å². The fourth-order valence-electron chi connectivity index (χ4n) is 2.45. The lowest BCUT2D eigenvalue weighted by molar-refractivity contribution is -0.140. The zero-order valence-corrected chi connectivity index (χ0v) is 12.1. The van der Waals surface area contributed by atoms with E-state index in [-0.39, 0.29) is 0 Å². The predicted molar refractivity (Wildman–Crippen MR) is 69.0 cm³/mol. The second-order valence-corrected chi connectivity index (χ2v) is 5.18. The lowest BCUT2D eigenvalue weighted by Crippen LogP contribution is -2.39. The fraction of sp³-hybridized carbons (Fsp3) is 0.429. The van der Waals surface area contributed by atoms with Crippen molar-refractivity contribution in [1.82, 2.24) is 0 Å². The molecule has 1 aliphatic rings. The molecule has 1 aromatic carbocycles. The number of amides is 1. The highest BCUT2D eigenvalue weighted by atomic mass is 19.4. The molecule has 2 rings (SSSR count). The van der Waals surface area contributed by atoms with E-state index >= 15 is 0 Å². The second kappa shape index (κ2) is 5.89. The maximum absolute atomic E-state index is 13.0. The predicted octanol–water partition coefficient (Wildman–Crippen LogP) is 4.24. The van der Waals surface area contributed by atoms with Crippen LogP contribution in [-0.2, 0) is 10.9 Å². The van der Waals surface area contributed by atoms with Crippen molar-refractivity contribution in [2.45, 2.75) is 37.8 Å². The first kappa shape index (κ1) is 17.9. The molecule has 1 fully saturated rings. The third kappa shape index (κ3) is 3.55. The SMILES string of the molecule is C[C@@H]1OC(=O)N(c2ccc(C#N)c(C(F)(F)F)c2)[C@H]1CC(F)(F)F. The Morgan fingerprint density at radius 1 is 1.25 bits per heavy atom. The molecule has 1 amide bonds. The minimum absolute atomic E-state index is 0.412. The first-order valence-electron chi connectivity index (χ1n) is 6.62. The number of hydrogen-bond acceptors (Lipinski definition) is 3. The van der Waals surface area contributed by atoms with E-state index in [9.17, 15) is 31.1 Å². The molecule has 0 radical (unpaired) electrons. The first-order chi connectivity index (χ1) is 10.9. The van der Waals surface area contributed by atoms with E-state index in [2.05, 4.69) is 0 Å². The van der Waals surface area contributed by atoms with Gasteiger partial charge in [-0.15, -0.1) is 0 Å². The number of benzene rings is 1. The lowest BCUT2D eigenvalue weighted by Gasteiger charge is -2.25. The fourth-order valence-corrected chi connectivity index (χ4v) is 2.45. The van der Waals surface area contributed by atoms with Crippen LogP contribution >= 0.6 is 0 Å². The number of cyclic esters (lactones) is 1. The van der Waals surface area contributed by atoms with Gasteiger partial charge in [0.05, 0.1) is 29.7 Å². The van der Waals surface area contributed by atoms with Crippen LogP contribution in [0.3, 0.4) is 0 Å². The van der Waals surface area contributed by atoms with E-state index in [0.29, 0.717) is 11.0 Å². The number of carbonyl (C=O) groups excluding carboxylic acids is 1. The number of hydrogen-bond donors (Lipinski definition) is 0. The van der Waals surface area contributed by atoms with Crippen LogP contribution in [0.5, 0.6) is 0 Å². The summed E-state index contributed by atoms with van der Waals surface area (Å²) < 4.78 is 81.6. The number of nitriles is 1. The summed E-state index contributed by atoms with van der Waals surface area (Å²) in [6.45, 7) is 1.22. The van der Waals surface area contributed by atoms with Crippen molar-refractivity contribution < 1.29 is 35.9 Å². The second-order valence-electron chi connectivity index (χ2n) is 5.18. The van der Waals surface area contributed by atoms with Crippen molar-refractivity contribution in [1.29, 1.82) is 5.26 Å². The van der Waals surface area contributed by atoms with Crippen LogP contribution < -0.4 is 4.90 Å². The molecule has 10 heteroatoms. The topological polar surface area (TPSA) is 53.3 Å². The van der Waals surface area contributed by atoms with Crippen LogP contribution in [0, 0.1) is 11.3 Å². The smallest absolute Gasteiger partial charge is 0.417 e. The summed E-state index contributed by atoms with van der Waals surface area (Å²) in [6, 6.07) is 2.12. The van der Waals surface area contributed by atoms with E-state index < -0.39 is 53.8 Å². The molecule has 0 aliphatic carbocycles. The van der Waals surface area contributed by atoms with Gasteiger partial charge in [0.1, 0.15) is 6.10 Å². The largest absolute Gasteiger partial charge is 0.444 e. The van der Waals surface area contributed by atoms with Gasteiger partial charge in [0.2, 0.25) is 0 Å². The number of halogens is 6. The quantitative estimate of drug-likeness (QED) is 0.748. The van der Waals surface area contributed by atoms with Crippen molar-refractivity contribution >= 4 is 11.8 Å². The molecule has 1 heterocycles. The summed E-state index contributed by atoms with van der Waals surface area (Å²) in [5.74, 6) is 0. The van der Waals surface area contributed by atoms with E-state index in [4.69, 9.17) is 10.00 Å².